The first kappa shape index (κ1) is 12.2. The molecule has 96 valence electrons. The van der Waals surface area contributed by atoms with E-state index < -0.39 is 0 Å². The molecular weight excluding hydrogens is 302 g/mol. The van der Waals surface area contributed by atoms with Crippen molar-refractivity contribution in [2.45, 2.75) is 0 Å². The molecule has 1 aromatic heterocycles. The van der Waals surface area contributed by atoms with Crippen LogP contribution in [0.15, 0.2) is 46.9 Å². The fourth-order valence-corrected chi connectivity index (χ4v) is 2.98. The molecule has 0 aliphatic heterocycles. The second kappa shape index (κ2) is 4.70. The number of aromatic nitrogens is 2. The standard InChI is InChI=1S/C15H14BrN3/c1-19(2)15-13(16)14(17-18-15)12-9-5-7-10-6-3-4-8-11(10)12/h3-9H,1-2H3,(H,17,18). The van der Waals surface area contributed by atoms with E-state index in [-0.39, 0.29) is 0 Å². The zero-order valence-electron chi connectivity index (χ0n) is 10.8. The average Bonchev–Trinajstić information content (AvgIpc) is 2.80. The van der Waals surface area contributed by atoms with E-state index in [9.17, 15) is 0 Å². The highest BCUT2D eigenvalue weighted by Gasteiger charge is 2.15. The summed E-state index contributed by atoms with van der Waals surface area (Å²) in [6, 6.07) is 14.7. The highest BCUT2D eigenvalue weighted by atomic mass is 79.9. The zero-order chi connectivity index (χ0) is 13.4. The van der Waals surface area contributed by atoms with Crippen LogP contribution in [-0.4, -0.2) is 24.3 Å². The monoisotopic (exact) mass is 315 g/mol. The van der Waals surface area contributed by atoms with E-state index >= 15 is 0 Å². The molecule has 0 unspecified atom stereocenters. The minimum atomic E-state index is 0.905. The van der Waals surface area contributed by atoms with Gasteiger partial charge in [0.15, 0.2) is 5.82 Å². The Morgan fingerprint density at radius 3 is 2.53 bits per heavy atom. The number of rotatable bonds is 2. The maximum absolute atomic E-state index is 4.35. The van der Waals surface area contributed by atoms with Gasteiger partial charge in [-0.3, -0.25) is 5.10 Å². The Labute approximate surface area is 120 Å². The van der Waals surface area contributed by atoms with E-state index in [0.717, 1.165) is 21.5 Å². The third kappa shape index (κ3) is 2.02. The summed E-state index contributed by atoms with van der Waals surface area (Å²) in [6.07, 6.45) is 0. The lowest BCUT2D eigenvalue weighted by molar-refractivity contribution is 1.01. The van der Waals surface area contributed by atoms with Crippen molar-refractivity contribution in [3.05, 3.63) is 46.9 Å². The molecule has 3 aromatic rings. The van der Waals surface area contributed by atoms with Crippen LogP contribution in [0.25, 0.3) is 22.0 Å². The molecule has 0 saturated heterocycles. The first-order chi connectivity index (χ1) is 9.18. The molecule has 1 heterocycles. The van der Waals surface area contributed by atoms with Crippen LogP contribution in [0.1, 0.15) is 0 Å². The number of fused-ring (bicyclic) bond motifs is 1. The Kier molecular flexibility index (Phi) is 3.03. The molecule has 2 aromatic carbocycles. The van der Waals surface area contributed by atoms with E-state index in [0.29, 0.717) is 0 Å². The molecule has 0 radical (unpaired) electrons. The van der Waals surface area contributed by atoms with E-state index in [1.807, 2.05) is 19.0 Å². The van der Waals surface area contributed by atoms with Gasteiger partial charge >= 0.3 is 0 Å². The van der Waals surface area contributed by atoms with Gasteiger partial charge in [0.05, 0.1) is 10.2 Å². The number of halogens is 1. The lowest BCUT2D eigenvalue weighted by Crippen LogP contribution is -2.09. The molecular formula is C15H14BrN3. The highest BCUT2D eigenvalue weighted by molar-refractivity contribution is 9.10. The van der Waals surface area contributed by atoms with Crippen molar-refractivity contribution in [3.63, 3.8) is 0 Å². The fraction of sp³-hybridized carbons (Fsp3) is 0.133. The van der Waals surface area contributed by atoms with Gasteiger partial charge in [-0.05, 0) is 26.7 Å². The van der Waals surface area contributed by atoms with Crippen LogP contribution in [0.4, 0.5) is 5.82 Å². The van der Waals surface area contributed by atoms with Gasteiger partial charge in [-0.15, -0.1) is 0 Å². The minimum absolute atomic E-state index is 0.905. The minimum Gasteiger partial charge on any atom is -0.360 e. The maximum atomic E-state index is 4.35. The Balaban J connectivity index is 2.25. The van der Waals surface area contributed by atoms with E-state index in [1.54, 1.807) is 0 Å². The summed E-state index contributed by atoms with van der Waals surface area (Å²) in [5, 5.41) is 9.93. The predicted molar refractivity (Wildman–Crippen MR) is 83.6 cm³/mol. The van der Waals surface area contributed by atoms with Gasteiger partial charge in [-0.1, -0.05) is 42.5 Å². The van der Waals surface area contributed by atoms with E-state index in [4.69, 9.17) is 0 Å². The van der Waals surface area contributed by atoms with Gasteiger partial charge in [-0.2, -0.15) is 5.10 Å². The molecule has 0 amide bonds. The number of H-pyrrole nitrogens is 1. The second-order valence-corrected chi connectivity index (χ2v) is 5.45. The summed E-state index contributed by atoms with van der Waals surface area (Å²) in [7, 11) is 3.96. The van der Waals surface area contributed by atoms with Crippen LogP contribution in [0.5, 0.6) is 0 Å². The van der Waals surface area contributed by atoms with Crippen molar-refractivity contribution < 1.29 is 0 Å². The maximum Gasteiger partial charge on any atom is 0.164 e. The van der Waals surface area contributed by atoms with Crippen LogP contribution in [0.3, 0.4) is 0 Å². The Bertz CT molecular complexity index is 726. The molecule has 3 rings (SSSR count). The van der Waals surface area contributed by atoms with Gasteiger partial charge in [0, 0.05) is 19.7 Å². The molecule has 4 heteroatoms. The van der Waals surface area contributed by atoms with E-state index in [1.165, 1.54) is 10.8 Å². The summed E-state index contributed by atoms with van der Waals surface area (Å²) < 4.78 is 0.994. The second-order valence-electron chi connectivity index (χ2n) is 4.66. The van der Waals surface area contributed by atoms with Crippen LogP contribution in [0.2, 0.25) is 0 Å². The van der Waals surface area contributed by atoms with Gasteiger partial charge in [0.25, 0.3) is 0 Å². The number of aromatic amines is 1. The van der Waals surface area contributed by atoms with Crippen molar-refractivity contribution in [1.29, 1.82) is 0 Å². The summed E-state index contributed by atoms with van der Waals surface area (Å²) in [6.45, 7) is 0. The predicted octanol–water partition coefficient (Wildman–Crippen LogP) is 4.06. The molecule has 0 aliphatic rings. The number of nitrogens with one attached hydrogen (secondary N) is 1. The van der Waals surface area contributed by atoms with Gasteiger partial charge < -0.3 is 4.90 Å². The number of benzene rings is 2. The Hall–Kier alpha value is -1.81. The van der Waals surface area contributed by atoms with Crippen molar-refractivity contribution in [2.24, 2.45) is 0 Å². The van der Waals surface area contributed by atoms with Crippen LogP contribution >= 0.6 is 15.9 Å². The fourth-order valence-electron chi connectivity index (χ4n) is 2.24. The molecule has 3 nitrogen and oxygen atoms in total. The van der Waals surface area contributed by atoms with Crippen molar-refractivity contribution in [1.82, 2.24) is 10.2 Å². The molecule has 0 spiro atoms. The third-order valence-electron chi connectivity index (χ3n) is 3.17. The lowest BCUT2D eigenvalue weighted by Gasteiger charge is -2.09. The SMILES string of the molecule is CN(C)c1n[nH]c(-c2cccc3ccccc23)c1Br. The highest BCUT2D eigenvalue weighted by Crippen LogP contribution is 2.36. The molecule has 1 N–H and O–H groups in total. The first-order valence-electron chi connectivity index (χ1n) is 6.08. The van der Waals surface area contributed by atoms with E-state index in [2.05, 4.69) is 68.6 Å². The Morgan fingerprint density at radius 1 is 1.05 bits per heavy atom. The molecule has 0 fully saturated rings. The van der Waals surface area contributed by atoms with Crippen LogP contribution in [0, 0.1) is 0 Å². The topological polar surface area (TPSA) is 31.9 Å². The zero-order valence-corrected chi connectivity index (χ0v) is 12.4. The lowest BCUT2D eigenvalue weighted by atomic mass is 10.0. The van der Waals surface area contributed by atoms with Crippen molar-refractivity contribution in [3.8, 4) is 11.3 Å². The van der Waals surface area contributed by atoms with Gasteiger partial charge in [0.1, 0.15) is 0 Å². The molecule has 0 bridgehead atoms. The summed E-state index contributed by atoms with van der Waals surface area (Å²) in [5.74, 6) is 0.905. The normalized spacial score (nSPS) is 10.9. The average molecular weight is 316 g/mol. The van der Waals surface area contributed by atoms with Crippen molar-refractivity contribution in [2.75, 3.05) is 19.0 Å². The molecule has 0 aliphatic carbocycles. The molecule has 0 atom stereocenters. The van der Waals surface area contributed by atoms with Gasteiger partial charge in [0.2, 0.25) is 0 Å². The number of anilines is 1. The smallest absolute Gasteiger partial charge is 0.164 e. The third-order valence-corrected chi connectivity index (χ3v) is 3.92. The van der Waals surface area contributed by atoms with Crippen LogP contribution in [-0.2, 0) is 0 Å². The summed E-state index contributed by atoms with van der Waals surface area (Å²) in [4.78, 5) is 1.98. The van der Waals surface area contributed by atoms with Crippen LogP contribution < -0.4 is 4.90 Å². The number of hydrogen-bond donors (Lipinski definition) is 1. The first-order valence-corrected chi connectivity index (χ1v) is 6.87. The van der Waals surface area contributed by atoms with Crippen molar-refractivity contribution >= 4 is 32.5 Å². The Morgan fingerprint density at radius 2 is 1.79 bits per heavy atom. The number of hydrogen-bond acceptors (Lipinski definition) is 2. The molecule has 19 heavy (non-hydrogen) atoms. The molecule has 0 saturated carbocycles. The van der Waals surface area contributed by atoms with Gasteiger partial charge in [-0.25, -0.2) is 0 Å². The largest absolute Gasteiger partial charge is 0.360 e. The summed E-state index contributed by atoms with van der Waals surface area (Å²) in [5.41, 5.74) is 2.17. The number of nitrogens with zero attached hydrogens (tertiary/aromatic N) is 2. The summed E-state index contributed by atoms with van der Waals surface area (Å²) >= 11 is 3.64. The quantitative estimate of drug-likeness (QED) is 0.773.